The van der Waals surface area contributed by atoms with Gasteiger partial charge in [0.2, 0.25) is 0 Å². The zero-order chi connectivity index (χ0) is 13.1. The molecule has 0 aromatic heterocycles. The maximum atomic E-state index is 13.9. The van der Waals surface area contributed by atoms with E-state index in [0.717, 1.165) is 19.6 Å². The molecule has 0 spiro atoms. The molecule has 100 valence electrons. The number of nitrogens with one attached hydrogen (secondary N) is 1. The third kappa shape index (κ3) is 3.28. The molecule has 1 aromatic rings. The van der Waals surface area contributed by atoms with E-state index < -0.39 is 11.1 Å². The first-order valence-corrected chi connectivity index (χ1v) is 7.13. The van der Waals surface area contributed by atoms with Gasteiger partial charge in [0.15, 0.2) is 0 Å². The van der Waals surface area contributed by atoms with Gasteiger partial charge in [-0.1, -0.05) is 17.1 Å². The highest BCUT2D eigenvalue weighted by molar-refractivity contribution is 7.78. The minimum Gasteiger partial charge on any atom is -0.772 e. The Morgan fingerprint density at radius 2 is 2.39 bits per heavy atom. The molecule has 1 aromatic carbocycles. The van der Waals surface area contributed by atoms with Gasteiger partial charge in [0, 0.05) is 31.4 Å². The zero-order valence-electron chi connectivity index (χ0n) is 10.2. The molecule has 0 aliphatic carbocycles. The summed E-state index contributed by atoms with van der Waals surface area (Å²) in [7, 11) is 0. The third-order valence-corrected chi connectivity index (χ3v) is 3.58. The van der Waals surface area contributed by atoms with Crippen LogP contribution < -0.4 is 10.2 Å². The van der Waals surface area contributed by atoms with Gasteiger partial charge >= 0.3 is 0 Å². The summed E-state index contributed by atoms with van der Waals surface area (Å²) in [5.41, 5.74) is 1.02. The van der Waals surface area contributed by atoms with Crippen LogP contribution in [0.15, 0.2) is 18.2 Å². The number of anilines is 1. The number of benzene rings is 1. The van der Waals surface area contributed by atoms with Crippen molar-refractivity contribution in [3.8, 4) is 0 Å². The van der Waals surface area contributed by atoms with Gasteiger partial charge < -0.3 is 14.8 Å². The number of nitrogens with zero attached hydrogens (tertiary/aromatic N) is 1. The predicted molar refractivity (Wildman–Crippen MR) is 68.7 cm³/mol. The second kappa shape index (κ2) is 5.77. The highest BCUT2D eigenvalue weighted by Gasteiger charge is 2.18. The van der Waals surface area contributed by atoms with Crippen molar-refractivity contribution in [2.24, 2.45) is 0 Å². The highest BCUT2D eigenvalue weighted by Crippen LogP contribution is 2.22. The van der Waals surface area contributed by atoms with E-state index in [0.29, 0.717) is 17.3 Å². The SMILES string of the molecule is C[C@@H]1CN(c2ccc(CS(=O)[O-])cc2F)CCN1. The standard InChI is InChI=1S/C12H17FN2O2S/c1-9-7-15(5-4-14-9)12-3-2-10(6-11(12)13)8-18(16)17/h2-3,6,9,14H,4-5,7-8H2,1H3,(H,16,17)/p-1/t9-/m1/s1. The van der Waals surface area contributed by atoms with Crippen molar-refractivity contribution < 1.29 is 13.2 Å². The van der Waals surface area contributed by atoms with Crippen molar-refractivity contribution in [1.29, 1.82) is 0 Å². The monoisotopic (exact) mass is 271 g/mol. The van der Waals surface area contributed by atoms with Crippen LogP contribution in [0.25, 0.3) is 0 Å². The van der Waals surface area contributed by atoms with Gasteiger partial charge in [0.25, 0.3) is 0 Å². The normalized spacial score (nSPS) is 21.9. The number of piperazine rings is 1. The summed E-state index contributed by atoms with van der Waals surface area (Å²) in [6, 6.07) is 4.96. The van der Waals surface area contributed by atoms with Gasteiger partial charge in [0.1, 0.15) is 5.82 Å². The fraction of sp³-hybridized carbons (Fsp3) is 0.500. The molecule has 0 saturated carbocycles. The first-order valence-electron chi connectivity index (χ1n) is 5.89. The second-order valence-corrected chi connectivity index (χ2v) is 5.43. The summed E-state index contributed by atoms with van der Waals surface area (Å²) in [4.78, 5) is 1.98. The largest absolute Gasteiger partial charge is 0.772 e. The van der Waals surface area contributed by atoms with Gasteiger partial charge in [-0.25, -0.2) is 4.39 Å². The van der Waals surface area contributed by atoms with Crippen molar-refractivity contribution >= 4 is 16.8 Å². The lowest BCUT2D eigenvalue weighted by Crippen LogP contribution is -2.49. The summed E-state index contributed by atoms with van der Waals surface area (Å²) in [6.07, 6.45) is 0. The van der Waals surface area contributed by atoms with E-state index in [1.165, 1.54) is 6.07 Å². The summed E-state index contributed by atoms with van der Waals surface area (Å²) in [5.74, 6) is -0.498. The fourth-order valence-corrected chi connectivity index (χ4v) is 2.64. The van der Waals surface area contributed by atoms with Crippen LogP contribution in [0.3, 0.4) is 0 Å². The van der Waals surface area contributed by atoms with E-state index >= 15 is 0 Å². The molecule has 2 rings (SSSR count). The Hall–Kier alpha value is -0.980. The van der Waals surface area contributed by atoms with E-state index in [4.69, 9.17) is 0 Å². The van der Waals surface area contributed by atoms with E-state index in [1.54, 1.807) is 12.1 Å². The van der Waals surface area contributed by atoms with Crippen molar-refractivity contribution in [2.75, 3.05) is 24.5 Å². The molecule has 0 radical (unpaired) electrons. The Morgan fingerprint density at radius 3 is 3.00 bits per heavy atom. The van der Waals surface area contributed by atoms with Crippen molar-refractivity contribution in [3.05, 3.63) is 29.6 Å². The molecule has 4 nitrogen and oxygen atoms in total. The second-order valence-electron chi connectivity index (χ2n) is 4.54. The zero-order valence-corrected chi connectivity index (χ0v) is 11.0. The Kier molecular flexibility index (Phi) is 4.31. The van der Waals surface area contributed by atoms with Crippen LogP contribution in [0.5, 0.6) is 0 Å². The topological polar surface area (TPSA) is 55.4 Å². The van der Waals surface area contributed by atoms with Gasteiger partial charge in [-0.15, -0.1) is 0 Å². The quantitative estimate of drug-likeness (QED) is 0.833. The summed E-state index contributed by atoms with van der Waals surface area (Å²) in [5, 5.41) is 3.29. The van der Waals surface area contributed by atoms with E-state index in [9.17, 15) is 13.2 Å². The lowest BCUT2D eigenvalue weighted by atomic mass is 10.1. The van der Waals surface area contributed by atoms with Crippen molar-refractivity contribution in [3.63, 3.8) is 0 Å². The molecule has 18 heavy (non-hydrogen) atoms. The predicted octanol–water partition coefficient (Wildman–Crippen LogP) is 1.00. The molecule has 1 N–H and O–H groups in total. The van der Waals surface area contributed by atoms with E-state index in [-0.39, 0.29) is 11.6 Å². The summed E-state index contributed by atoms with van der Waals surface area (Å²) in [6.45, 7) is 4.39. The molecular formula is C12H16FN2O2S-. The first kappa shape index (κ1) is 13.5. The average molecular weight is 271 g/mol. The number of hydrogen-bond donors (Lipinski definition) is 1. The molecule has 1 aliphatic heterocycles. The molecule has 1 unspecified atom stereocenters. The van der Waals surface area contributed by atoms with Gasteiger partial charge in [-0.05, 0) is 24.6 Å². The maximum absolute atomic E-state index is 13.9. The number of halogens is 1. The molecule has 1 saturated heterocycles. The highest BCUT2D eigenvalue weighted by atomic mass is 32.2. The van der Waals surface area contributed by atoms with Gasteiger partial charge in [-0.2, -0.15) is 0 Å². The lowest BCUT2D eigenvalue weighted by Gasteiger charge is -2.33. The minimum atomic E-state index is -2.18. The molecule has 1 fully saturated rings. The van der Waals surface area contributed by atoms with Crippen LogP contribution in [0, 0.1) is 5.82 Å². The molecule has 2 atom stereocenters. The molecule has 6 heteroatoms. The Morgan fingerprint density at radius 1 is 1.61 bits per heavy atom. The van der Waals surface area contributed by atoms with Crippen molar-refractivity contribution in [2.45, 2.75) is 18.7 Å². The molecular weight excluding hydrogens is 255 g/mol. The fourth-order valence-electron chi connectivity index (χ4n) is 2.18. The molecule has 1 aliphatic rings. The Bertz CT molecular complexity index is 456. The first-order chi connectivity index (χ1) is 8.56. The molecule has 0 bridgehead atoms. The lowest BCUT2D eigenvalue weighted by molar-refractivity contribution is 0.478. The maximum Gasteiger partial charge on any atom is 0.146 e. The van der Waals surface area contributed by atoms with Crippen LogP contribution in [0.4, 0.5) is 10.1 Å². The Balaban J connectivity index is 2.16. The average Bonchev–Trinajstić information content (AvgIpc) is 2.28. The summed E-state index contributed by atoms with van der Waals surface area (Å²) >= 11 is -2.18. The van der Waals surface area contributed by atoms with Crippen LogP contribution in [0.2, 0.25) is 0 Å². The van der Waals surface area contributed by atoms with Gasteiger partial charge in [-0.3, -0.25) is 4.21 Å². The van der Waals surface area contributed by atoms with Crippen LogP contribution in [-0.4, -0.2) is 34.4 Å². The van der Waals surface area contributed by atoms with E-state index in [2.05, 4.69) is 12.2 Å². The molecule has 1 heterocycles. The number of rotatable bonds is 3. The van der Waals surface area contributed by atoms with Crippen LogP contribution >= 0.6 is 0 Å². The van der Waals surface area contributed by atoms with Crippen LogP contribution in [-0.2, 0) is 16.8 Å². The van der Waals surface area contributed by atoms with E-state index in [1.807, 2.05) is 4.90 Å². The third-order valence-electron chi connectivity index (χ3n) is 3.01. The Labute approximate surface area is 108 Å². The molecule has 0 amide bonds. The minimum absolute atomic E-state index is 0.144. The number of hydrogen-bond acceptors (Lipinski definition) is 4. The van der Waals surface area contributed by atoms with Crippen molar-refractivity contribution in [1.82, 2.24) is 5.32 Å². The summed E-state index contributed by atoms with van der Waals surface area (Å²) < 4.78 is 35.1. The van der Waals surface area contributed by atoms with Crippen LogP contribution in [0.1, 0.15) is 12.5 Å². The van der Waals surface area contributed by atoms with Gasteiger partial charge in [0.05, 0.1) is 5.69 Å². The smallest absolute Gasteiger partial charge is 0.146 e.